The highest BCUT2D eigenvalue weighted by molar-refractivity contribution is 7.87. The molecule has 2 aromatic rings. The van der Waals surface area contributed by atoms with Gasteiger partial charge in [0.15, 0.2) is 0 Å². The van der Waals surface area contributed by atoms with Crippen molar-refractivity contribution < 1.29 is 17.4 Å². The van der Waals surface area contributed by atoms with Crippen LogP contribution in [0.2, 0.25) is 0 Å². The number of hydrogen-bond donors (Lipinski definition) is 1. The van der Waals surface area contributed by atoms with E-state index in [-0.39, 0.29) is 16.6 Å². The standard InChI is InChI=1S/C19H23NO4S/c1-13(2)12-20-19(21)16-7-9-17(10-8-16)24-25(22,23)18-11-14(3)5-6-15(18)4/h5-11,13H,12H2,1-4H3,(H,20,21). The minimum absolute atomic E-state index is 0.145. The van der Waals surface area contributed by atoms with E-state index in [1.165, 1.54) is 12.1 Å². The van der Waals surface area contributed by atoms with E-state index in [2.05, 4.69) is 5.32 Å². The second kappa shape index (κ2) is 7.70. The fourth-order valence-corrected chi connectivity index (χ4v) is 3.46. The Balaban J connectivity index is 2.15. The molecule has 0 fully saturated rings. The molecule has 1 amide bonds. The van der Waals surface area contributed by atoms with Crippen LogP contribution in [0.15, 0.2) is 47.4 Å². The van der Waals surface area contributed by atoms with E-state index in [1.807, 2.05) is 26.8 Å². The van der Waals surface area contributed by atoms with Gasteiger partial charge in [0, 0.05) is 12.1 Å². The Bertz CT molecular complexity index is 855. The molecule has 0 bridgehead atoms. The van der Waals surface area contributed by atoms with Crippen molar-refractivity contribution in [3.05, 3.63) is 59.2 Å². The summed E-state index contributed by atoms with van der Waals surface area (Å²) in [4.78, 5) is 12.1. The van der Waals surface area contributed by atoms with Gasteiger partial charge in [-0.25, -0.2) is 0 Å². The Hall–Kier alpha value is -2.34. The van der Waals surface area contributed by atoms with Crippen LogP contribution in [0.5, 0.6) is 5.75 Å². The van der Waals surface area contributed by atoms with Gasteiger partial charge >= 0.3 is 10.1 Å². The zero-order chi connectivity index (χ0) is 18.6. The number of amides is 1. The van der Waals surface area contributed by atoms with Gasteiger partial charge in [-0.05, 0) is 61.2 Å². The molecule has 0 saturated heterocycles. The smallest absolute Gasteiger partial charge is 0.339 e. The van der Waals surface area contributed by atoms with Gasteiger partial charge in [0.2, 0.25) is 0 Å². The molecule has 0 saturated carbocycles. The maximum Gasteiger partial charge on any atom is 0.339 e. The average Bonchev–Trinajstić information content (AvgIpc) is 2.55. The molecule has 6 heteroatoms. The van der Waals surface area contributed by atoms with Gasteiger partial charge in [-0.15, -0.1) is 0 Å². The molecule has 2 aromatic carbocycles. The summed E-state index contributed by atoms with van der Waals surface area (Å²) in [7, 11) is -3.92. The van der Waals surface area contributed by atoms with Gasteiger partial charge in [0.25, 0.3) is 5.91 Å². The van der Waals surface area contributed by atoms with Crippen molar-refractivity contribution in [3.63, 3.8) is 0 Å². The fourth-order valence-electron chi connectivity index (χ4n) is 2.21. The molecule has 5 nitrogen and oxygen atoms in total. The van der Waals surface area contributed by atoms with Crippen LogP contribution in [0.3, 0.4) is 0 Å². The second-order valence-corrected chi connectivity index (χ2v) is 7.95. The first kappa shape index (κ1) is 19.0. The SMILES string of the molecule is Cc1ccc(C)c(S(=O)(=O)Oc2ccc(C(=O)NCC(C)C)cc2)c1. The van der Waals surface area contributed by atoms with E-state index in [1.54, 1.807) is 31.2 Å². The maximum absolute atomic E-state index is 12.5. The Labute approximate surface area is 149 Å². The number of carbonyl (C=O) groups is 1. The lowest BCUT2D eigenvalue weighted by atomic mass is 10.2. The molecule has 2 rings (SSSR count). The van der Waals surface area contributed by atoms with Crippen molar-refractivity contribution in [2.24, 2.45) is 5.92 Å². The van der Waals surface area contributed by atoms with Gasteiger partial charge in [-0.2, -0.15) is 8.42 Å². The van der Waals surface area contributed by atoms with E-state index in [4.69, 9.17) is 4.18 Å². The van der Waals surface area contributed by atoms with Gasteiger partial charge in [0.05, 0.1) is 0 Å². The van der Waals surface area contributed by atoms with Crippen LogP contribution in [-0.4, -0.2) is 20.9 Å². The zero-order valence-corrected chi connectivity index (χ0v) is 15.7. The van der Waals surface area contributed by atoms with Gasteiger partial charge in [-0.1, -0.05) is 26.0 Å². The first-order valence-electron chi connectivity index (χ1n) is 8.09. The van der Waals surface area contributed by atoms with Gasteiger partial charge in [-0.3, -0.25) is 4.79 Å². The van der Waals surface area contributed by atoms with E-state index in [9.17, 15) is 13.2 Å². The lowest BCUT2D eigenvalue weighted by molar-refractivity contribution is 0.0949. The molecule has 0 aliphatic heterocycles. The molecule has 134 valence electrons. The summed E-state index contributed by atoms with van der Waals surface area (Å²) in [5.74, 6) is 0.327. The first-order valence-corrected chi connectivity index (χ1v) is 9.50. The lowest BCUT2D eigenvalue weighted by Crippen LogP contribution is -2.27. The average molecular weight is 361 g/mol. The monoisotopic (exact) mass is 361 g/mol. The summed E-state index contributed by atoms with van der Waals surface area (Å²) >= 11 is 0. The minimum atomic E-state index is -3.92. The van der Waals surface area contributed by atoms with E-state index < -0.39 is 10.1 Å². The van der Waals surface area contributed by atoms with Crippen molar-refractivity contribution in [3.8, 4) is 5.75 Å². The predicted octanol–water partition coefficient (Wildman–Crippen LogP) is 3.46. The fraction of sp³-hybridized carbons (Fsp3) is 0.316. The van der Waals surface area contributed by atoms with Crippen molar-refractivity contribution in [1.29, 1.82) is 0 Å². The van der Waals surface area contributed by atoms with E-state index >= 15 is 0 Å². The molecule has 0 radical (unpaired) electrons. The third kappa shape index (κ3) is 5.06. The van der Waals surface area contributed by atoms with Crippen LogP contribution < -0.4 is 9.50 Å². The number of nitrogens with one attached hydrogen (secondary N) is 1. The molecule has 0 spiro atoms. The maximum atomic E-state index is 12.5. The first-order chi connectivity index (χ1) is 11.7. The lowest BCUT2D eigenvalue weighted by Gasteiger charge is -2.11. The quantitative estimate of drug-likeness (QED) is 0.800. The largest absolute Gasteiger partial charge is 0.379 e. The third-order valence-electron chi connectivity index (χ3n) is 3.61. The number of benzene rings is 2. The van der Waals surface area contributed by atoms with Crippen molar-refractivity contribution in [2.45, 2.75) is 32.6 Å². The molecular formula is C19H23NO4S. The third-order valence-corrected chi connectivity index (χ3v) is 5.00. The zero-order valence-electron chi connectivity index (χ0n) is 14.9. The highest BCUT2D eigenvalue weighted by atomic mass is 32.2. The second-order valence-electron chi connectivity index (χ2n) is 6.43. The molecule has 0 aromatic heterocycles. The number of rotatable bonds is 6. The van der Waals surface area contributed by atoms with Crippen molar-refractivity contribution in [2.75, 3.05) is 6.54 Å². The Morgan fingerprint density at radius 3 is 2.32 bits per heavy atom. The number of hydrogen-bond acceptors (Lipinski definition) is 4. The number of aryl methyl sites for hydroxylation is 2. The molecule has 0 atom stereocenters. The summed E-state index contributed by atoms with van der Waals surface area (Å²) in [6.07, 6.45) is 0. The topological polar surface area (TPSA) is 72.5 Å². The normalized spacial score (nSPS) is 11.4. The molecule has 25 heavy (non-hydrogen) atoms. The Morgan fingerprint density at radius 2 is 1.72 bits per heavy atom. The Morgan fingerprint density at radius 1 is 1.08 bits per heavy atom. The summed E-state index contributed by atoms with van der Waals surface area (Å²) < 4.78 is 30.1. The van der Waals surface area contributed by atoms with Crippen LogP contribution >= 0.6 is 0 Å². The van der Waals surface area contributed by atoms with Crippen LogP contribution in [0.25, 0.3) is 0 Å². The molecule has 1 N–H and O–H groups in total. The van der Waals surface area contributed by atoms with Gasteiger partial charge in [0.1, 0.15) is 10.6 Å². The highest BCUT2D eigenvalue weighted by Crippen LogP contribution is 2.22. The summed E-state index contributed by atoms with van der Waals surface area (Å²) in [6, 6.07) is 11.2. The summed E-state index contributed by atoms with van der Waals surface area (Å²) in [5, 5.41) is 2.81. The molecule has 0 aliphatic rings. The summed E-state index contributed by atoms with van der Waals surface area (Å²) in [5.41, 5.74) is 1.91. The van der Waals surface area contributed by atoms with Crippen LogP contribution in [0, 0.1) is 19.8 Å². The van der Waals surface area contributed by atoms with Crippen molar-refractivity contribution in [1.82, 2.24) is 5.32 Å². The van der Waals surface area contributed by atoms with E-state index in [0.29, 0.717) is 23.6 Å². The Kier molecular flexibility index (Phi) is 5.85. The molecule has 0 unspecified atom stereocenters. The van der Waals surface area contributed by atoms with Gasteiger partial charge < -0.3 is 9.50 Å². The van der Waals surface area contributed by atoms with Crippen LogP contribution in [-0.2, 0) is 10.1 Å². The highest BCUT2D eigenvalue weighted by Gasteiger charge is 2.19. The van der Waals surface area contributed by atoms with Crippen LogP contribution in [0.1, 0.15) is 35.3 Å². The van der Waals surface area contributed by atoms with Crippen molar-refractivity contribution >= 4 is 16.0 Å². The number of carbonyl (C=O) groups excluding carboxylic acids is 1. The van der Waals surface area contributed by atoms with E-state index in [0.717, 1.165) is 5.56 Å². The summed E-state index contributed by atoms with van der Waals surface area (Å²) in [6.45, 7) is 8.14. The molecule has 0 aliphatic carbocycles. The minimum Gasteiger partial charge on any atom is -0.379 e. The predicted molar refractivity (Wildman–Crippen MR) is 97.3 cm³/mol. The molecular weight excluding hydrogens is 338 g/mol. The van der Waals surface area contributed by atoms with Crippen LogP contribution in [0.4, 0.5) is 0 Å². The molecule has 0 heterocycles.